The van der Waals surface area contributed by atoms with Crippen LogP contribution in [0.1, 0.15) is 44.0 Å². The Labute approximate surface area is 141 Å². The lowest BCUT2D eigenvalue weighted by Gasteiger charge is -2.22. The molecule has 0 aromatic heterocycles. The van der Waals surface area contributed by atoms with Gasteiger partial charge < -0.3 is 4.90 Å². The van der Waals surface area contributed by atoms with E-state index >= 15 is 0 Å². The summed E-state index contributed by atoms with van der Waals surface area (Å²) in [5.74, 6) is -0.289. The Morgan fingerprint density at radius 1 is 1.17 bits per heavy atom. The molecule has 0 atom stereocenters. The van der Waals surface area contributed by atoms with Crippen molar-refractivity contribution in [2.75, 3.05) is 13.1 Å². The average Bonchev–Trinajstić information content (AvgIpc) is 2.46. The van der Waals surface area contributed by atoms with Crippen molar-refractivity contribution in [2.24, 2.45) is 0 Å². The molecule has 0 bridgehead atoms. The van der Waals surface area contributed by atoms with Gasteiger partial charge in [-0.25, -0.2) is 17.9 Å². The van der Waals surface area contributed by atoms with Crippen molar-refractivity contribution in [3.8, 4) is 0 Å². The molecular weight excluding hydrogens is 340 g/mol. The summed E-state index contributed by atoms with van der Waals surface area (Å²) in [4.78, 5) is 24.7. The second-order valence-corrected chi connectivity index (χ2v) is 7.16. The quantitative estimate of drug-likeness (QED) is 0.757. The van der Waals surface area contributed by atoms with Gasteiger partial charge in [0.25, 0.3) is 10.0 Å². The zero-order valence-corrected chi connectivity index (χ0v) is 15.0. The number of benzene rings is 1. The molecule has 0 aliphatic heterocycles. The van der Waals surface area contributed by atoms with Gasteiger partial charge in [0.05, 0.1) is 5.02 Å². The molecule has 0 aliphatic carbocycles. The number of hydrogen-bond donors (Lipinski definition) is 1. The first kappa shape index (κ1) is 19.4. The third-order valence-electron chi connectivity index (χ3n) is 3.12. The first-order valence-electron chi connectivity index (χ1n) is 7.35. The molecule has 0 radical (unpaired) electrons. The van der Waals surface area contributed by atoms with Crippen molar-refractivity contribution >= 4 is 33.4 Å². The molecule has 8 heteroatoms. The first-order valence-corrected chi connectivity index (χ1v) is 9.21. The normalized spacial score (nSPS) is 11.1. The summed E-state index contributed by atoms with van der Waals surface area (Å²) in [5.41, 5.74) is 0.209. The van der Waals surface area contributed by atoms with E-state index in [1.54, 1.807) is 0 Å². The van der Waals surface area contributed by atoms with Gasteiger partial charge >= 0.3 is 6.03 Å². The molecule has 2 amide bonds. The molecular formula is C15H21ClN2O4S. The highest BCUT2D eigenvalue weighted by molar-refractivity contribution is 7.90. The predicted molar refractivity (Wildman–Crippen MR) is 89.3 cm³/mol. The van der Waals surface area contributed by atoms with E-state index in [0.717, 1.165) is 0 Å². The largest absolute Gasteiger partial charge is 0.331 e. The van der Waals surface area contributed by atoms with E-state index < -0.39 is 16.1 Å². The van der Waals surface area contributed by atoms with Crippen molar-refractivity contribution in [3.05, 3.63) is 28.8 Å². The third kappa shape index (κ3) is 5.21. The number of urea groups is 1. The Morgan fingerprint density at radius 3 is 2.22 bits per heavy atom. The second kappa shape index (κ2) is 8.31. The highest BCUT2D eigenvalue weighted by Crippen LogP contribution is 2.23. The monoisotopic (exact) mass is 360 g/mol. The maximum absolute atomic E-state index is 12.4. The van der Waals surface area contributed by atoms with Gasteiger partial charge in [0.1, 0.15) is 4.90 Å². The number of nitrogens with one attached hydrogen (secondary N) is 1. The van der Waals surface area contributed by atoms with Gasteiger partial charge in [-0.05, 0) is 38.0 Å². The van der Waals surface area contributed by atoms with Gasteiger partial charge in [-0.1, -0.05) is 25.4 Å². The molecule has 0 fully saturated rings. The summed E-state index contributed by atoms with van der Waals surface area (Å²) < 4.78 is 26.8. The summed E-state index contributed by atoms with van der Waals surface area (Å²) >= 11 is 5.92. The van der Waals surface area contributed by atoms with E-state index in [1.807, 2.05) is 18.6 Å². The molecule has 23 heavy (non-hydrogen) atoms. The average molecular weight is 361 g/mol. The van der Waals surface area contributed by atoms with Crippen LogP contribution in [0.3, 0.4) is 0 Å². The molecule has 0 saturated carbocycles. The van der Waals surface area contributed by atoms with Gasteiger partial charge in [0.2, 0.25) is 0 Å². The number of halogens is 1. The van der Waals surface area contributed by atoms with Crippen LogP contribution in [0.2, 0.25) is 5.02 Å². The van der Waals surface area contributed by atoms with E-state index in [0.29, 0.717) is 25.9 Å². The smallest absolute Gasteiger partial charge is 0.324 e. The molecule has 1 aromatic carbocycles. The molecule has 128 valence electrons. The van der Waals surface area contributed by atoms with Gasteiger partial charge in [0.15, 0.2) is 5.78 Å². The lowest BCUT2D eigenvalue weighted by Crippen LogP contribution is -2.43. The Morgan fingerprint density at radius 2 is 1.74 bits per heavy atom. The summed E-state index contributed by atoms with van der Waals surface area (Å²) in [6.45, 7) is 6.03. The van der Waals surface area contributed by atoms with Crippen molar-refractivity contribution in [1.29, 1.82) is 0 Å². The fraction of sp³-hybridized carbons (Fsp3) is 0.467. The van der Waals surface area contributed by atoms with Crippen LogP contribution in [0.4, 0.5) is 4.79 Å². The summed E-state index contributed by atoms with van der Waals surface area (Å²) in [6, 6.07) is 3.24. The molecule has 0 heterocycles. The Kier molecular flexibility index (Phi) is 7.02. The maximum atomic E-state index is 12.4. The third-order valence-corrected chi connectivity index (χ3v) is 4.92. The minimum Gasteiger partial charge on any atom is -0.324 e. The van der Waals surface area contributed by atoms with Crippen molar-refractivity contribution in [2.45, 2.75) is 38.5 Å². The van der Waals surface area contributed by atoms with Crippen LogP contribution < -0.4 is 4.72 Å². The van der Waals surface area contributed by atoms with Gasteiger partial charge in [-0.2, -0.15) is 0 Å². The number of carbonyl (C=O) groups is 2. The number of hydrogen-bond acceptors (Lipinski definition) is 4. The topological polar surface area (TPSA) is 83.6 Å². The minimum absolute atomic E-state index is 0.0483. The maximum Gasteiger partial charge on any atom is 0.331 e. The van der Waals surface area contributed by atoms with Crippen LogP contribution in [-0.2, 0) is 10.0 Å². The van der Waals surface area contributed by atoms with Crippen LogP contribution in [0.25, 0.3) is 0 Å². The van der Waals surface area contributed by atoms with Crippen LogP contribution in [-0.4, -0.2) is 38.2 Å². The van der Waals surface area contributed by atoms with E-state index in [9.17, 15) is 18.0 Å². The SMILES string of the molecule is CCCN(CCC)C(=O)NS(=O)(=O)c1cc(C(C)=O)ccc1Cl. The lowest BCUT2D eigenvalue weighted by molar-refractivity contribution is 0.101. The van der Waals surface area contributed by atoms with Crippen LogP contribution in [0, 0.1) is 0 Å². The van der Waals surface area contributed by atoms with E-state index in [-0.39, 0.29) is 21.3 Å². The van der Waals surface area contributed by atoms with E-state index in [2.05, 4.69) is 0 Å². The Balaban J connectivity index is 3.09. The Bertz CT molecular complexity index is 683. The number of amides is 2. The van der Waals surface area contributed by atoms with Crippen molar-refractivity contribution in [1.82, 2.24) is 9.62 Å². The predicted octanol–water partition coefficient (Wildman–Crippen LogP) is 3.06. The van der Waals surface area contributed by atoms with Gasteiger partial charge in [-0.15, -0.1) is 0 Å². The standard InChI is InChI=1S/C15H21ClN2O4S/c1-4-8-18(9-5-2)15(20)17-23(21,22)14-10-12(11(3)19)6-7-13(14)16/h6-7,10H,4-5,8-9H2,1-3H3,(H,17,20). The highest BCUT2D eigenvalue weighted by atomic mass is 35.5. The van der Waals surface area contributed by atoms with Crippen molar-refractivity contribution < 1.29 is 18.0 Å². The zero-order chi connectivity index (χ0) is 17.6. The summed E-state index contributed by atoms with van der Waals surface area (Å²) in [5, 5.41) is -0.0483. The highest BCUT2D eigenvalue weighted by Gasteiger charge is 2.24. The van der Waals surface area contributed by atoms with E-state index in [1.165, 1.54) is 30.0 Å². The molecule has 1 rings (SSSR count). The molecule has 0 spiro atoms. The number of carbonyl (C=O) groups excluding carboxylic acids is 2. The van der Waals surface area contributed by atoms with E-state index in [4.69, 9.17) is 11.6 Å². The Hall–Kier alpha value is -1.60. The fourth-order valence-corrected chi connectivity index (χ4v) is 3.52. The first-order chi connectivity index (χ1) is 10.7. The lowest BCUT2D eigenvalue weighted by atomic mass is 10.1. The van der Waals surface area contributed by atoms with Crippen LogP contribution >= 0.6 is 11.6 Å². The fourth-order valence-electron chi connectivity index (χ4n) is 2.02. The number of ketones is 1. The zero-order valence-electron chi connectivity index (χ0n) is 13.4. The summed E-state index contributed by atoms with van der Waals surface area (Å²) in [7, 11) is -4.15. The number of nitrogens with zero attached hydrogens (tertiary/aromatic N) is 1. The number of sulfonamides is 1. The molecule has 1 N–H and O–H groups in total. The van der Waals surface area contributed by atoms with Gasteiger partial charge in [0, 0.05) is 18.7 Å². The molecule has 0 saturated heterocycles. The molecule has 6 nitrogen and oxygen atoms in total. The van der Waals surface area contributed by atoms with Crippen LogP contribution in [0.5, 0.6) is 0 Å². The number of rotatable bonds is 7. The van der Waals surface area contributed by atoms with Crippen molar-refractivity contribution in [3.63, 3.8) is 0 Å². The summed E-state index contributed by atoms with van der Waals surface area (Å²) in [6.07, 6.45) is 1.43. The molecule has 0 aliphatic rings. The number of Topliss-reactive ketones (excluding diaryl/α,β-unsaturated/α-hetero) is 1. The molecule has 0 unspecified atom stereocenters. The minimum atomic E-state index is -4.15. The van der Waals surface area contributed by atoms with Gasteiger partial charge in [-0.3, -0.25) is 4.79 Å². The second-order valence-electron chi connectivity index (χ2n) is 5.10. The molecule has 1 aromatic rings. The van der Waals surface area contributed by atoms with Crippen LogP contribution in [0.15, 0.2) is 23.1 Å².